The van der Waals surface area contributed by atoms with Crippen LogP contribution in [0.15, 0.2) is 23.1 Å². The van der Waals surface area contributed by atoms with Gasteiger partial charge in [0, 0.05) is 17.6 Å². The van der Waals surface area contributed by atoms with Gasteiger partial charge in [0.05, 0.1) is 13.2 Å². The Balaban J connectivity index is 1.10. The maximum atomic E-state index is 14.2. The van der Waals surface area contributed by atoms with Gasteiger partial charge in [-0.2, -0.15) is 0 Å². The molecule has 0 saturated heterocycles. The van der Waals surface area contributed by atoms with Crippen molar-refractivity contribution in [1.29, 1.82) is 0 Å². The van der Waals surface area contributed by atoms with Crippen LogP contribution in [0, 0.1) is 29.0 Å². The number of halogens is 1. The summed E-state index contributed by atoms with van der Waals surface area (Å²) in [5.74, 6) is 5.22. The molecule has 4 nitrogen and oxygen atoms in total. The Morgan fingerprint density at radius 2 is 1.88 bits per heavy atom. The minimum Gasteiger partial charge on any atom is -0.491 e. The van der Waals surface area contributed by atoms with Gasteiger partial charge in [-0.25, -0.2) is 4.39 Å². The summed E-state index contributed by atoms with van der Waals surface area (Å²) >= 11 is 0. The second-order valence-corrected chi connectivity index (χ2v) is 13.1. The van der Waals surface area contributed by atoms with E-state index in [1.165, 1.54) is 50.8 Å². The third-order valence-corrected chi connectivity index (χ3v) is 8.91. The van der Waals surface area contributed by atoms with Crippen molar-refractivity contribution in [2.45, 2.75) is 75.5 Å². The van der Waals surface area contributed by atoms with E-state index in [9.17, 15) is 13.4 Å². The third-order valence-electron chi connectivity index (χ3n) is 7.66. The number of carbonyl (C=O) groups excluding carboxylic acids is 1. The molecule has 3 fully saturated rings. The van der Waals surface area contributed by atoms with Gasteiger partial charge in [-0.15, -0.1) is 0 Å². The fourth-order valence-corrected chi connectivity index (χ4v) is 6.19. The molecule has 0 amide bonds. The predicted molar refractivity (Wildman–Crippen MR) is 126 cm³/mol. The smallest absolute Gasteiger partial charge is 0.306 e. The zero-order chi connectivity index (χ0) is 22.8. The van der Waals surface area contributed by atoms with Gasteiger partial charge in [0.2, 0.25) is 0 Å². The van der Waals surface area contributed by atoms with Crippen molar-refractivity contribution >= 4 is 21.4 Å². The van der Waals surface area contributed by atoms with E-state index in [0.29, 0.717) is 41.8 Å². The van der Waals surface area contributed by atoms with Crippen molar-refractivity contribution in [1.82, 2.24) is 0 Å². The summed E-state index contributed by atoms with van der Waals surface area (Å²) < 4.78 is 37.1. The highest BCUT2D eigenvalue weighted by atomic mass is 32.2. The molecule has 1 aromatic rings. The summed E-state index contributed by atoms with van der Waals surface area (Å²) in [6.07, 6.45) is 13.9. The number of rotatable bonds is 10. The average molecular weight is 465 g/mol. The van der Waals surface area contributed by atoms with E-state index in [2.05, 4.69) is 5.87 Å². The number of hydrogen-bond donors (Lipinski definition) is 0. The van der Waals surface area contributed by atoms with Crippen molar-refractivity contribution in [3.8, 4) is 5.75 Å². The number of benzene rings is 1. The van der Waals surface area contributed by atoms with Crippen LogP contribution < -0.4 is 4.74 Å². The number of esters is 1. The normalized spacial score (nSPS) is 29.2. The summed E-state index contributed by atoms with van der Waals surface area (Å²) in [4.78, 5) is 12.4. The fourth-order valence-electron chi connectivity index (χ4n) is 5.48. The molecular formula is C26H37FO4S. The molecule has 3 aliphatic rings. The van der Waals surface area contributed by atoms with E-state index in [4.69, 9.17) is 9.47 Å². The molecule has 1 atom stereocenters. The van der Waals surface area contributed by atoms with Gasteiger partial charge in [0.1, 0.15) is 0 Å². The Hall–Kier alpha value is -1.56. The standard InChI is InChI=1S/C26H37FO4S/c1-32(2,29)22-7-8-24(23(27)15-22)30-13-3-4-21-16-26(17-21)11-9-19(10-12-26)14-25(28)31-18-20-5-6-20/h7-8,15,19-21H,1,3-6,9-14,16-18H2,2H3. The van der Waals surface area contributed by atoms with Gasteiger partial charge in [-0.3, -0.25) is 9.00 Å². The van der Waals surface area contributed by atoms with E-state index in [0.717, 1.165) is 31.6 Å². The fraction of sp³-hybridized carbons (Fsp3) is 0.692. The maximum Gasteiger partial charge on any atom is 0.306 e. The summed E-state index contributed by atoms with van der Waals surface area (Å²) in [6, 6.07) is 4.45. The molecule has 6 heteroatoms. The first-order chi connectivity index (χ1) is 15.2. The molecule has 3 saturated carbocycles. The van der Waals surface area contributed by atoms with Crippen LogP contribution in [0.5, 0.6) is 5.75 Å². The Labute approximate surface area is 192 Å². The molecule has 3 aliphatic carbocycles. The van der Waals surface area contributed by atoms with E-state index in [1.54, 1.807) is 12.1 Å². The highest BCUT2D eigenvalue weighted by Crippen LogP contribution is 2.57. The number of hydrogen-bond acceptors (Lipinski definition) is 4. The van der Waals surface area contributed by atoms with Crippen molar-refractivity contribution < 1.29 is 22.9 Å². The molecular weight excluding hydrogens is 427 g/mol. The molecule has 178 valence electrons. The highest BCUT2D eigenvalue weighted by molar-refractivity contribution is 7.99. The molecule has 32 heavy (non-hydrogen) atoms. The van der Waals surface area contributed by atoms with Crippen LogP contribution in [-0.2, 0) is 19.1 Å². The van der Waals surface area contributed by atoms with Crippen molar-refractivity contribution in [3.63, 3.8) is 0 Å². The van der Waals surface area contributed by atoms with Gasteiger partial charge in [-0.05, 0) is 121 Å². The second kappa shape index (κ2) is 9.74. The first kappa shape index (κ1) is 23.6. The quantitative estimate of drug-likeness (QED) is 0.256. The Morgan fingerprint density at radius 3 is 2.50 bits per heavy atom. The first-order valence-electron chi connectivity index (χ1n) is 12.1. The summed E-state index contributed by atoms with van der Waals surface area (Å²) in [7, 11) is -2.42. The lowest BCUT2D eigenvalue weighted by molar-refractivity contribution is -0.146. The third kappa shape index (κ3) is 6.27. The van der Waals surface area contributed by atoms with E-state index < -0.39 is 15.3 Å². The van der Waals surface area contributed by atoms with Gasteiger partial charge < -0.3 is 9.47 Å². The molecule has 1 spiro atoms. The van der Waals surface area contributed by atoms with E-state index in [-0.39, 0.29) is 11.7 Å². The molecule has 0 aliphatic heterocycles. The molecule has 0 N–H and O–H groups in total. The monoisotopic (exact) mass is 464 g/mol. The molecule has 1 aromatic carbocycles. The largest absolute Gasteiger partial charge is 0.491 e. The topological polar surface area (TPSA) is 52.6 Å². The van der Waals surface area contributed by atoms with Crippen molar-refractivity contribution in [3.05, 3.63) is 24.0 Å². The lowest BCUT2D eigenvalue weighted by atomic mass is 9.53. The zero-order valence-corrected chi connectivity index (χ0v) is 20.1. The molecule has 1 unspecified atom stereocenters. The van der Waals surface area contributed by atoms with Crippen LogP contribution >= 0.6 is 0 Å². The van der Waals surface area contributed by atoms with Gasteiger partial charge in [-0.1, -0.05) is 0 Å². The first-order valence-corrected chi connectivity index (χ1v) is 14.3. The van der Waals surface area contributed by atoms with Crippen LogP contribution in [-0.4, -0.2) is 35.5 Å². The minimum absolute atomic E-state index is 0.00469. The Bertz CT molecular complexity index is 906. The lowest BCUT2D eigenvalue weighted by Crippen LogP contribution is -2.40. The lowest BCUT2D eigenvalue weighted by Gasteiger charge is -2.52. The Morgan fingerprint density at radius 1 is 1.16 bits per heavy atom. The minimum atomic E-state index is -2.42. The molecule has 4 rings (SSSR count). The van der Waals surface area contributed by atoms with Crippen LogP contribution in [0.2, 0.25) is 0 Å². The Kier molecular flexibility index (Phi) is 7.18. The molecule has 0 radical (unpaired) electrons. The van der Waals surface area contributed by atoms with Crippen molar-refractivity contribution in [2.24, 2.45) is 23.2 Å². The predicted octanol–water partition coefficient (Wildman–Crippen LogP) is 5.62. The van der Waals surface area contributed by atoms with Crippen LogP contribution in [0.4, 0.5) is 4.39 Å². The zero-order valence-electron chi connectivity index (χ0n) is 19.3. The van der Waals surface area contributed by atoms with Gasteiger partial charge in [0.25, 0.3) is 0 Å². The van der Waals surface area contributed by atoms with Gasteiger partial charge >= 0.3 is 5.97 Å². The SMILES string of the molecule is C=S(C)(=O)c1ccc(OCCCC2CC3(CCC(CC(=O)OCC4CC4)CC3)C2)c(F)c1. The molecule has 0 bridgehead atoms. The van der Waals surface area contributed by atoms with Crippen molar-refractivity contribution in [2.75, 3.05) is 19.5 Å². The maximum absolute atomic E-state index is 14.2. The van der Waals surface area contributed by atoms with Crippen LogP contribution in [0.1, 0.15) is 70.6 Å². The molecule has 0 aromatic heterocycles. The highest BCUT2D eigenvalue weighted by Gasteiger charge is 2.45. The van der Waals surface area contributed by atoms with Crippen LogP contribution in [0.25, 0.3) is 0 Å². The summed E-state index contributed by atoms with van der Waals surface area (Å²) in [5.41, 5.74) is 0.503. The number of carbonyl (C=O) groups is 1. The average Bonchev–Trinajstić information content (AvgIpc) is 3.54. The molecule has 0 heterocycles. The van der Waals surface area contributed by atoms with Gasteiger partial charge in [0.15, 0.2) is 11.6 Å². The van der Waals surface area contributed by atoms with Crippen LogP contribution in [0.3, 0.4) is 0 Å². The second-order valence-electron chi connectivity index (χ2n) is 10.6. The number of ether oxygens (including phenoxy) is 2. The van der Waals surface area contributed by atoms with E-state index >= 15 is 0 Å². The summed E-state index contributed by atoms with van der Waals surface area (Å²) in [5, 5.41) is 0. The van der Waals surface area contributed by atoms with E-state index in [1.807, 2.05) is 0 Å². The summed E-state index contributed by atoms with van der Waals surface area (Å²) in [6.45, 7) is 1.13.